The smallest absolute Gasteiger partial charge is 0.259 e. The minimum atomic E-state index is -0.342. The standard InChI is InChI=1S/C24H21N3O2/c1-15-11-12-18(16(2)14-15)26-24(29)20-19-10-6-7-13-27(19)22(21(20)25)23(28)17-8-4-3-5-9-17/h3-14H,25H2,1-2H3,(H,26,29). The first kappa shape index (κ1) is 18.5. The zero-order chi connectivity index (χ0) is 20.5. The summed E-state index contributed by atoms with van der Waals surface area (Å²) in [5.74, 6) is -0.569. The molecule has 0 bridgehead atoms. The van der Waals surface area contributed by atoms with Crippen LogP contribution in [0.4, 0.5) is 11.4 Å². The summed E-state index contributed by atoms with van der Waals surface area (Å²) >= 11 is 0. The lowest BCUT2D eigenvalue weighted by Crippen LogP contribution is -2.15. The molecule has 0 spiro atoms. The second-order valence-corrected chi connectivity index (χ2v) is 7.06. The number of carbonyl (C=O) groups excluding carboxylic acids is 2. The number of nitrogens with zero attached hydrogens (tertiary/aromatic N) is 1. The predicted molar refractivity (Wildman–Crippen MR) is 116 cm³/mol. The first-order chi connectivity index (χ1) is 14.0. The number of ketones is 1. The minimum absolute atomic E-state index is 0.173. The summed E-state index contributed by atoms with van der Waals surface area (Å²) in [6, 6.07) is 20.1. The number of hydrogen-bond donors (Lipinski definition) is 2. The van der Waals surface area contributed by atoms with Gasteiger partial charge in [-0.2, -0.15) is 0 Å². The lowest BCUT2D eigenvalue weighted by Gasteiger charge is -2.09. The highest BCUT2D eigenvalue weighted by molar-refractivity contribution is 6.20. The van der Waals surface area contributed by atoms with Crippen LogP contribution in [0.1, 0.15) is 37.5 Å². The van der Waals surface area contributed by atoms with Gasteiger partial charge < -0.3 is 15.5 Å². The van der Waals surface area contributed by atoms with E-state index in [0.717, 1.165) is 11.1 Å². The molecule has 0 radical (unpaired) electrons. The summed E-state index contributed by atoms with van der Waals surface area (Å²) in [5.41, 5.74) is 11.0. The van der Waals surface area contributed by atoms with Gasteiger partial charge in [-0.1, -0.05) is 54.1 Å². The van der Waals surface area contributed by atoms with Gasteiger partial charge in [0.2, 0.25) is 5.78 Å². The van der Waals surface area contributed by atoms with E-state index < -0.39 is 0 Å². The Balaban J connectivity index is 1.82. The van der Waals surface area contributed by atoms with Gasteiger partial charge in [-0.05, 0) is 37.6 Å². The molecule has 0 aliphatic heterocycles. The van der Waals surface area contributed by atoms with Crippen molar-refractivity contribution in [2.24, 2.45) is 0 Å². The van der Waals surface area contributed by atoms with E-state index in [1.807, 2.05) is 44.2 Å². The topological polar surface area (TPSA) is 76.6 Å². The van der Waals surface area contributed by atoms with E-state index in [-0.39, 0.29) is 23.1 Å². The Kier molecular flexibility index (Phi) is 4.64. The number of rotatable bonds is 4. The number of anilines is 2. The van der Waals surface area contributed by atoms with Gasteiger partial charge in [-0.15, -0.1) is 0 Å². The van der Waals surface area contributed by atoms with Gasteiger partial charge in [0.1, 0.15) is 5.69 Å². The molecule has 29 heavy (non-hydrogen) atoms. The quantitative estimate of drug-likeness (QED) is 0.505. The third-order valence-corrected chi connectivity index (χ3v) is 4.99. The lowest BCUT2D eigenvalue weighted by molar-refractivity contribution is 0.102. The third-order valence-electron chi connectivity index (χ3n) is 4.99. The van der Waals surface area contributed by atoms with E-state index >= 15 is 0 Å². The summed E-state index contributed by atoms with van der Waals surface area (Å²) in [6.45, 7) is 3.94. The molecular weight excluding hydrogens is 362 g/mol. The number of nitrogens with one attached hydrogen (secondary N) is 1. The summed E-state index contributed by atoms with van der Waals surface area (Å²) in [5, 5.41) is 2.94. The van der Waals surface area contributed by atoms with Crippen molar-refractivity contribution >= 4 is 28.6 Å². The number of aromatic nitrogens is 1. The summed E-state index contributed by atoms with van der Waals surface area (Å²) in [4.78, 5) is 26.3. The first-order valence-electron chi connectivity index (χ1n) is 9.34. The van der Waals surface area contributed by atoms with E-state index in [0.29, 0.717) is 22.3 Å². The maximum Gasteiger partial charge on any atom is 0.259 e. The van der Waals surface area contributed by atoms with Crippen molar-refractivity contribution in [2.75, 3.05) is 11.1 Å². The van der Waals surface area contributed by atoms with E-state index in [1.165, 1.54) is 0 Å². The van der Waals surface area contributed by atoms with Crippen LogP contribution < -0.4 is 11.1 Å². The Morgan fingerprint density at radius 3 is 2.38 bits per heavy atom. The number of benzene rings is 2. The second-order valence-electron chi connectivity index (χ2n) is 7.06. The van der Waals surface area contributed by atoms with Crippen LogP contribution in [0.3, 0.4) is 0 Å². The average Bonchev–Trinajstić information content (AvgIpc) is 3.02. The average molecular weight is 383 g/mol. The Morgan fingerprint density at radius 1 is 0.931 bits per heavy atom. The molecule has 3 N–H and O–H groups in total. The van der Waals surface area contributed by atoms with E-state index in [9.17, 15) is 9.59 Å². The van der Waals surface area contributed by atoms with Gasteiger partial charge in [-0.3, -0.25) is 9.59 Å². The number of aryl methyl sites for hydroxylation is 2. The van der Waals surface area contributed by atoms with Crippen LogP contribution in [0, 0.1) is 13.8 Å². The van der Waals surface area contributed by atoms with Crippen molar-refractivity contribution in [1.29, 1.82) is 0 Å². The Labute approximate surface area is 168 Å². The molecule has 0 aliphatic rings. The van der Waals surface area contributed by atoms with Crippen LogP contribution in [0.25, 0.3) is 5.52 Å². The minimum Gasteiger partial charge on any atom is -0.396 e. The predicted octanol–water partition coefficient (Wildman–Crippen LogP) is 4.62. The van der Waals surface area contributed by atoms with Crippen molar-refractivity contribution in [3.63, 3.8) is 0 Å². The van der Waals surface area contributed by atoms with Gasteiger partial charge in [0, 0.05) is 17.4 Å². The molecule has 2 aromatic heterocycles. The molecule has 5 heteroatoms. The number of carbonyl (C=O) groups is 2. The molecule has 0 saturated heterocycles. The Morgan fingerprint density at radius 2 is 1.66 bits per heavy atom. The highest BCUT2D eigenvalue weighted by Crippen LogP contribution is 2.29. The summed E-state index contributed by atoms with van der Waals surface area (Å²) in [6.07, 6.45) is 1.75. The summed E-state index contributed by atoms with van der Waals surface area (Å²) in [7, 11) is 0. The molecule has 2 aromatic carbocycles. The lowest BCUT2D eigenvalue weighted by atomic mass is 10.1. The number of nitrogens with two attached hydrogens (primary N) is 1. The normalized spacial score (nSPS) is 10.8. The molecule has 5 nitrogen and oxygen atoms in total. The summed E-state index contributed by atoms with van der Waals surface area (Å²) < 4.78 is 1.68. The zero-order valence-electron chi connectivity index (χ0n) is 16.3. The monoisotopic (exact) mass is 383 g/mol. The van der Waals surface area contributed by atoms with E-state index in [2.05, 4.69) is 5.32 Å². The molecule has 4 rings (SSSR count). The number of amides is 1. The number of hydrogen-bond acceptors (Lipinski definition) is 3. The Hall–Kier alpha value is -3.86. The van der Waals surface area contributed by atoms with Crippen LogP contribution in [-0.2, 0) is 0 Å². The maximum atomic E-state index is 13.1. The maximum absolute atomic E-state index is 13.1. The highest BCUT2D eigenvalue weighted by Gasteiger charge is 2.26. The number of pyridine rings is 1. The molecule has 144 valence electrons. The fourth-order valence-corrected chi connectivity index (χ4v) is 3.56. The highest BCUT2D eigenvalue weighted by atomic mass is 16.2. The molecule has 0 unspecified atom stereocenters. The van der Waals surface area contributed by atoms with Crippen molar-refractivity contribution in [2.45, 2.75) is 13.8 Å². The van der Waals surface area contributed by atoms with Gasteiger partial charge in [0.15, 0.2) is 0 Å². The van der Waals surface area contributed by atoms with Crippen molar-refractivity contribution in [1.82, 2.24) is 4.40 Å². The molecule has 0 fully saturated rings. The number of fused-ring (bicyclic) bond motifs is 1. The molecule has 0 atom stereocenters. The molecule has 0 aliphatic carbocycles. The van der Waals surface area contributed by atoms with Crippen molar-refractivity contribution in [3.05, 3.63) is 101 Å². The van der Waals surface area contributed by atoms with Crippen LogP contribution in [0.5, 0.6) is 0 Å². The fourth-order valence-electron chi connectivity index (χ4n) is 3.56. The van der Waals surface area contributed by atoms with Gasteiger partial charge >= 0.3 is 0 Å². The van der Waals surface area contributed by atoms with Crippen LogP contribution >= 0.6 is 0 Å². The molecule has 1 amide bonds. The van der Waals surface area contributed by atoms with Crippen LogP contribution in [0.2, 0.25) is 0 Å². The molecular formula is C24H21N3O2. The van der Waals surface area contributed by atoms with E-state index in [1.54, 1.807) is 47.0 Å². The van der Waals surface area contributed by atoms with Gasteiger partial charge in [-0.25, -0.2) is 0 Å². The van der Waals surface area contributed by atoms with Gasteiger partial charge in [0.25, 0.3) is 5.91 Å². The zero-order valence-corrected chi connectivity index (χ0v) is 16.3. The van der Waals surface area contributed by atoms with Crippen LogP contribution in [0.15, 0.2) is 72.9 Å². The number of nitrogen functional groups attached to an aromatic ring is 1. The largest absolute Gasteiger partial charge is 0.396 e. The fraction of sp³-hybridized carbons (Fsp3) is 0.0833. The van der Waals surface area contributed by atoms with Crippen molar-refractivity contribution < 1.29 is 9.59 Å². The molecule has 4 aromatic rings. The SMILES string of the molecule is Cc1ccc(NC(=O)c2c(N)c(C(=O)c3ccccc3)n3ccccc23)c(C)c1. The van der Waals surface area contributed by atoms with Gasteiger partial charge in [0.05, 0.1) is 16.8 Å². The van der Waals surface area contributed by atoms with Crippen LogP contribution in [-0.4, -0.2) is 16.1 Å². The first-order valence-corrected chi connectivity index (χ1v) is 9.34. The molecule has 2 heterocycles. The third kappa shape index (κ3) is 3.27. The molecule has 0 saturated carbocycles. The Bertz CT molecular complexity index is 1240. The van der Waals surface area contributed by atoms with Crippen molar-refractivity contribution in [3.8, 4) is 0 Å². The van der Waals surface area contributed by atoms with E-state index in [4.69, 9.17) is 5.73 Å². The second kappa shape index (κ2) is 7.28.